The molecule has 4 heteroatoms. The fraction of sp³-hybridized carbons (Fsp3) is 0.0667. The third-order valence-electron chi connectivity index (χ3n) is 3.31. The van der Waals surface area contributed by atoms with Crippen molar-refractivity contribution in [3.8, 4) is 17.2 Å². The Balaban J connectivity index is 2.48. The summed E-state index contributed by atoms with van der Waals surface area (Å²) >= 11 is 0. The van der Waals surface area contributed by atoms with Gasteiger partial charge in [-0.3, -0.25) is 0 Å². The molecule has 0 amide bonds. The molecule has 4 N–H and O–H groups in total. The largest absolute Gasteiger partial charge is 0.507 e. The van der Waals surface area contributed by atoms with Gasteiger partial charge in [0.05, 0.1) is 6.61 Å². The zero-order valence-corrected chi connectivity index (χ0v) is 9.96. The van der Waals surface area contributed by atoms with Gasteiger partial charge in [0.25, 0.3) is 0 Å². The van der Waals surface area contributed by atoms with Crippen LogP contribution in [-0.2, 0) is 6.61 Å². The van der Waals surface area contributed by atoms with Crippen molar-refractivity contribution < 1.29 is 20.4 Å². The number of aliphatic hydroxyl groups excluding tert-OH is 1. The van der Waals surface area contributed by atoms with Crippen LogP contribution in [0.15, 0.2) is 36.4 Å². The highest BCUT2D eigenvalue weighted by molar-refractivity contribution is 6.04. The maximum absolute atomic E-state index is 9.98. The minimum Gasteiger partial charge on any atom is -0.507 e. The quantitative estimate of drug-likeness (QED) is 0.398. The summed E-state index contributed by atoms with van der Waals surface area (Å²) in [5, 5.41) is 41.2. The topological polar surface area (TPSA) is 80.9 Å². The predicted molar refractivity (Wildman–Crippen MR) is 72.4 cm³/mol. The summed E-state index contributed by atoms with van der Waals surface area (Å²) in [5.41, 5.74) is 0.268. The third kappa shape index (κ3) is 1.65. The lowest BCUT2D eigenvalue weighted by Gasteiger charge is -2.10. The first kappa shape index (κ1) is 11.6. The molecule has 0 fully saturated rings. The SMILES string of the molecule is OCc1cc2cc3cccc(O)c3cc2c(O)c1O. The van der Waals surface area contributed by atoms with Crippen LogP contribution in [0.2, 0.25) is 0 Å². The molecule has 0 saturated heterocycles. The van der Waals surface area contributed by atoms with Crippen molar-refractivity contribution in [3.05, 3.63) is 42.0 Å². The summed E-state index contributed by atoms with van der Waals surface area (Å²) in [6, 6.07) is 10.2. The van der Waals surface area contributed by atoms with E-state index in [-0.39, 0.29) is 29.4 Å². The molecule has 0 aliphatic carbocycles. The maximum Gasteiger partial charge on any atom is 0.165 e. The normalized spacial score (nSPS) is 11.2. The molecule has 0 spiro atoms. The molecular formula is C15H12O4. The van der Waals surface area contributed by atoms with Gasteiger partial charge in [-0.05, 0) is 35.0 Å². The molecule has 0 saturated carbocycles. The van der Waals surface area contributed by atoms with Gasteiger partial charge in [-0.25, -0.2) is 0 Å². The monoisotopic (exact) mass is 256 g/mol. The number of hydrogen-bond donors (Lipinski definition) is 4. The smallest absolute Gasteiger partial charge is 0.165 e. The second-order valence-corrected chi connectivity index (χ2v) is 4.46. The van der Waals surface area contributed by atoms with Gasteiger partial charge in [0.1, 0.15) is 5.75 Å². The first-order chi connectivity index (χ1) is 9.11. The van der Waals surface area contributed by atoms with Gasteiger partial charge in [0.15, 0.2) is 11.5 Å². The van der Waals surface area contributed by atoms with Crippen molar-refractivity contribution in [2.75, 3.05) is 0 Å². The Kier molecular flexibility index (Phi) is 2.47. The maximum atomic E-state index is 9.98. The van der Waals surface area contributed by atoms with E-state index < -0.39 is 0 Å². The molecule has 0 atom stereocenters. The highest BCUT2D eigenvalue weighted by atomic mass is 16.3. The van der Waals surface area contributed by atoms with Crippen LogP contribution in [0, 0.1) is 0 Å². The van der Waals surface area contributed by atoms with Gasteiger partial charge in [0.2, 0.25) is 0 Å². The molecule has 0 unspecified atom stereocenters. The van der Waals surface area contributed by atoms with E-state index in [1.54, 1.807) is 30.3 Å². The molecule has 0 bridgehead atoms. The minimum atomic E-state index is -0.354. The van der Waals surface area contributed by atoms with Crippen LogP contribution in [0.4, 0.5) is 0 Å². The van der Waals surface area contributed by atoms with Crippen LogP contribution in [-0.4, -0.2) is 20.4 Å². The molecular weight excluding hydrogens is 244 g/mol. The summed E-state index contributed by atoms with van der Waals surface area (Å²) < 4.78 is 0. The van der Waals surface area contributed by atoms with Crippen LogP contribution in [0.25, 0.3) is 21.5 Å². The summed E-state index contributed by atoms with van der Waals surface area (Å²) in [6.45, 7) is -0.354. The zero-order chi connectivity index (χ0) is 13.6. The second kappa shape index (κ2) is 4.03. The van der Waals surface area contributed by atoms with Crippen molar-refractivity contribution in [3.63, 3.8) is 0 Å². The van der Waals surface area contributed by atoms with E-state index in [0.29, 0.717) is 16.2 Å². The molecule has 3 aromatic rings. The van der Waals surface area contributed by atoms with Gasteiger partial charge in [-0.15, -0.1) is 0 Å². The van der Waals surface area contributed by atoms with Crippen molar-refractivity contribution in [2.45, 2.75) is 6.61 Å². The number of fused-ring (bicyclic) bond motifs is 2. The van der Waals surface area contributed by atoms with Crippen molar-refractivity contribution in [2.24, 2.45) is 0 Å². The van der Waals surface area contributed by atoms with Gasteiger partial charge in [0, 0.05) is 16.3 Å². The van der Waals surface area contributed by atoms with Crippen molar-refractivity contribution in [1.29, 1.82) is 0 Å². The van der Waals surface area contributed by atoms with E-state index in [0.717, 1.165) is 5.39 Å². The van der Waals surface area contributed by atoms with Crippen molar-refractivity contribution in [1.82, 2.24) is 0 Å². The van der Waals surface area contributed by atoms with Gasteiger partial charge < -0.3 is 20.4 Å². The molecule has 96 valence electrons. The Hall–Kier alpha value is -2.46. The lowest BCUT2D eigenvalue weighted by molar-refractivity contribution is 0.273. The van der Waals surface area contributed by atoms with Crippen LogP contribution in [0.5, 0.6) is 17.2 Å². The molecule has 0 heterocycles. The lowest BCUT2D eigenvalue weighted by Crippen LogP contribution is -1.87. The molecule has 4 nitrogen and oxygen atoms in total. The Morgan fingerprint density at radius 3 is 2.32 bits per heavy atom. The van der Waals surface area contributed by atoms with Crippen LogP contribution >= 0.6 is 0 Å². The standard InChI is InChI=1S/C15H12O4/c16-7-10-5-9-4-8-2-1-3-13(17)11(8)6-12(9)15(19)14(10)18/h1-6,16-19H,7H2. The number of phenols is 3. The van der Waals surface area contributed by atoms with E-state index in [9.17, 15) is 15.3 Å². The molecule has 0 radical (unpaired) electrons. The third-order valence-corrected chi connectivity index (χ3v) is 3.31. The first-order valence-electron chi connectivity index (χ1n) is 5.82. The number of aliphatic hydroxyl groups is 1. The molecule has 3 aromatic carbocycles. The van der Waals surface area contributed by atoms with E-state index in [1.807, 2.05) is 6.07 Å². The van der Waals surface area contributed by atoms with Gasteiger partial charge in [-0.1, -0.05) is 12.1 Å². The Labute approximate surface area is 108 Å². The van der Waals surface area contributed by atoms with E-state index in [4.69, 9.17) is 5.11 Å². The first-order valence-corrected chi connectivity index (χ1v) is 5.82. The Morgan fingerprint density at radius 1 is 0.789 bits per heavy atom. The number of hydrogen-bond acceptors (Lipinski definition) is 4. The van der Waals surface area contributed by atoms with E-state index in [2.05, 4.69) is 0 Å². The van der Waals surface area contributed by atoms with E-state index >= 15 is 0 Å². The fourth-order valence-corrected chi connectivity index (χ4v) is 2.31. The number of rotatable bonds is 1. The van der Waals surface area contributed by atoms with Crippen LogP contribution in [0.3, 0.4) is 0 Å². The average Bonchev–Trinajstić information content (AvgIpc) is 2.42. The molecule has 3 rings (SSSR count). The molecule has 0 aliphatic rings. The Morgan fingerprint density at radius 2 is 1.58 bits per heavy atom. The number of benzene rings is 3. The molecule has 19 heavy (non-hydrogen) atoms. The number of phenolic OH excluding ortho intramolecular Hbond substituents is 2. The molecule has 0 aliphatic heterocycles. The summed E-state index contributed by atoms with van der Waals surface area (Å²) in [6.07, 6.45) is 0. The van der Waals surface area contributed by atoms with E-state index in [1.165, 1.54) is 0 Å². The minimum absolute atomic E-state index is 0.115. The second-order valence-electron chi connectivity index (χ2n) is 4.46. The van der Waals surface area contributed by atoms with Crippen molar-refractivity contribution >= 4 is 21.5 Å². The fourth-order valence-electron chi connectivity index (χ4n) is 2.31. The predicted octanol–water partition coefficient (Wildman–Crippen LogP) is 2.60. The average molecular weight is 256 g/mol. The van der Waals surface area contributed by atoms with Gasteiger partial charge in [-0.2, -0.15) is 0 Å². The molecule has 0 aromatic heterocycles. The summed E-state index contributed by atoms with van der Waals surface area (Å²) in [5.74, 6) is -0.499. The zero-order valence-electron chi connectivity index (χ0n) is 9.96. The van der Waals surface area contributed by atoms with Crippen LogP contribution < -0.4 is 0 Å². The van der Waals surface area contributed by atoms with Crippen LogP contribution in [0.1, 0.15) is 5.56 Å². The highest BCUT2D eigenvalue weighted by Crippen LogP contribution is 2.40. The number of aromatic hydroxyl groups is 3. The highest BCUT2D eigenvalue weighted by Gasteiger charge is 2.12. The summed E-state index contributed by atoms with van der Waals surface area (Å²) in [7, 11) is 0. The summed E-state index contributed by atoms with van der Waals surface area (Å²) in [4.78, 5) is 0. The lowest BCUT2D eigenvalue weighted by atomic mass is 9.99. The van der Waals surface area contributed by atoms with Gasteiger partial charge >= 0.3 is 0 Å². The Bertz CT molecular complexity index is 793.